The molecule has 0 amide bonds. The number of nitrogens with zero attached hydrogens (tertiary/aromatic N) is 3. The van der Waals surface area contributed by atoms with Crippen molar-refractivity contribution in [3.63, 3.8) is 0 Å². The number of rotatable bonds is 5. The van der Waals surface area contributed by atoms with Gasteiger partial charge in [-0.2, -0.15) is 18.2 Å². The molecule has 20 heavy (non-hydrogen) atoms. The van der Waals surface area contributed by atoms with Crippen LogP contribution in [0.25, 0.3) is 0 Å². The average Bonchev–Trinajstić information content (AvgIpc) is 2.44. The molecule has 0 spiro atoms. The van der Waals surface area contributed by atoms with Crippen molar-refractivity contribution in [3.05, 3.63) is 48.0 Å². The molecule has 7 heteroatoms. The van der Waals surface area contributed by atoms with Crippen molar-refractivity contribution in [2.45, 2.75) is 19.0 Å². The first-order chi connectivity index (χ1) is 9.55. The molecule has 0 saturated heterocycles. The van der Waals surface area contributed by atoms with Crippen molar-refractivity contribution < 1.29 is 17.9 Å². The number of hydrogen-bond donors (Lipinski definition) is 0. The molecule has 0 radical (unpaired) electrons. The minimum Gasteiger partial charge on any atom is -0.463 e. The van der Waals surface area contributed by atoms with E-state index in [1.807, 2.05) is 12.1 Å². The molecule has 106 valence electrons. The summed E-state index contributed by atoms with van der Waals surface area (Å²) in [6, 6.07) is 4.31. The van der Waals surface area contributed by atoms with Crippen LogP contribution in [0.4, 0.5) is 13.2 Å². The van der Waals surface area contributed by atoms with Crippen LogP contribution in [0, 0.1) is 0 Å². The summed E-state index contributed by atoms with van der Waals surface area (Å²) < 4.78 is 42.4. The molecule has 0 aliphatic rings. The quantitative estimate of drug-likeness (QED) is 0.792. The highest BCUT2D eigenvalue weighted by Crippen LogP contribution is 2.27. The Morgan fingerprint density at radius 1 is 1.05 bits per heavy atom. The summed E-state index contributed by atoms with van der Waals surface area (Å²) in [6.45, 7) is 0.254. The summed E-state index contributed by atoms with van der Waals surface area (Å²) in [5.74, 6) is 0. The molecule has 2 aromatic rings. The zero-order chi connectivity index (χ0) is 14.4. The Labute approximate surface area is 113 Å². The fourth-order valence-electron chi connectivity index (χ4n) is 1.56. The van der Waals surface area contributed by atoms with E-state index in [0.717, 1.165) is 24.2 Å². The second-order valence-electron chi connectivity index (χ2n) is 4.03. The van der Waals surface area contributed by atoms with Gasteiger partial charge in [0, 0.05) is 18.6 Å². The molecule has 4 nitrogen and oxygen atoms in total. The Balaban J connectivity index is 1.83. The predicted molar refractivity (Wildman–Crippen MR) is 65.1 cm³/mol. The lowest BCUT2D eigenvalue weighted by molar-refractivity contribution is -0.141. The summed E-state index contributed by atoms with van der Waals surface area (Å²) in [5.41, 5.74) is 0.0881. The fourth-order valence-corrected chi connectivity index (χ4v) is 1.56. The maximum Gasteiger partial charge on any atom is 0.433 e. The van der Waals surface area contributed by atoms with Crippen molar-refractivity contribution in [1.82, 2.24) is 15.0 Å². The summed E-state index contributed by atoms with van der Waals surface area (Å²) in [5, 5.41) is 0. The molecule has 0 atom stereocenters. The maximum absolute atomic E-state index is 12.4. The molecule has 0 saturated carbocycles. The second-order valence-corrected chi connectivity index (χ2v) is 4.03. The van der Waals surface area contributed by atoms with Gasteiger partial charge in [-0.3, -0.25) is 4.98 Å². The highest BCUT2D eigenvalue weighted by molar-refractivity contribution is 5.10. The first-order valence-corrected chi connectivity index (χ1v) is 5.97. The molecular weight excluding hydrogens is 271 g/mol. The Hall–Kier alpha value is -2.18. The summed E-state index contributed by atoms with van der Waals surface area (Å²) >= 11 is 0. The van der Waals surface area contributed by atoms with Gasteiger partial charge in [-0.05, 0) is 36.6 Å². The molecule has 0 unspecified atom stereocenters. The highest BCUT2D eigenvalue weighted by atomic mass is 19.4. The van der Waals surface area contributed by atoms with Gasteiger partial charge in [-0.15, -0.1) is 0 Å². The van der Waals surface area contributed by atoms with Crippen LogP contribution >= 0.6 is 0 Å². The zero-order valence-corrected chi connectivity index (χ0v) is 10.5. The van der Waals surface area contributed by atoms with E-state index in [1.54, 1.807) is 12.4 Å². The minimum absolute atomic E-state index is 0.254. The molecule has 0 bridgehead atoms. The van der Waals surface area contributed by atoms with Crippen LogP contribution in [0.1, 0.15) is 17.7 Å². The Morgan fingerprint density at radius 2 is 1.80 bits per heavy atom. The molecule has 0 aromatic carbocycles. The zero-order valence-electron chi connectivity index (χ0n) is 10.5. The normalized spacial score (nSPS) is 11.3. The lowest BCUT2D eigenvalue weighted by Gasteiger charge is -2.08. The third-order valence-corrected chi connectivity index (χ3v) is 2.51. The van der Waals surface area contributed by atoms with Gasteiger partial charge < -0.3 is 4.74 Å². The summed E-state index contributed by atoms with van der Waals surface area (Å²) in [6.07, 6.45) is 1.33. The molecule has 2 rings (SSSR count). The third-order valence-electron chi connectivity index (χ3n) is 2.51. The smallest absolute Gasteiger partial charge is 0.433 e. The van der Waals surface area contributed by atoms with Gasteiger partial charge in [0.25, 0.3) is 0 Å². The van der Waals surface area contributed by atoms with Crippen LogP contribution < -0.4 is 4.74 Å². The van der Waals surface area contributed by atoms with Crippen molar-refractivity contribution in [2.24, 2.45) is 0 Å². The topological polar surface area (TPSA) is 47.9 Å². The van der Waals surface area contributed by atoms with Crippen molar-refractivity contribution in [2.75, 3.05) is 6.61 Å². The molecular formula is C13H12F3N3O. The molecule has 2 aromatic heterocycles. The van der Waals surface area contributed by atoms with Gasteiger partial charge in [0.05, 0.1) is 6.61 Å². The predicted octanol–water partition coefficient (Wildman–Crippen LogP) is 2.90. The number of ether oxygens (including phenoxy) is 1. The van der Waals surface area contributed by atoms with Crippen LogP contribution in [0.5, 0.6) is 6.01 Å². The Kier molecular flexibility index (Phi) is 4.49. The highest BCUT2D eigenvalue weighted by Gasteiger charge is 2.32. The monoisotopic (exact) mass is 283 g/mol. The van der Waals surface area contributed by atoms with E-state index in [0.29, 0.717) is 6.42 Å². The third kappa shape index (κ3) is 4.18. The van der Waals surface area contributed by atoms with Crippen LogP contribution in [0.15, 0.2) is 36.8 Å². The van der Waals surface area contributed by atoms with Gasteiger partial charge in [-0.1, -0.05) is 0 Å². The largest absolute Gasteiger partial charge is 0.463 e. The van der Waals surface area contributed by atoms with Crippen LogP contribution in [0.3, 0.4) is 0 Å². The SMILES string of the molecule is FC(F)(F)c1ccnc(OCCCc2ccncc2)n1. The molecule has 0 aliphatic heterocycles. The number of halogens is 3. The first kappa shape index (κ1) is 14.2. The van der Waals surface area contributed by atoms with E-state index in [4.69, 9.17) is 4.74 Å². The van der Waals surface area contributed by atoms with E-state index < -0.39 is 11.9 Å². The van der Waals surface area contributed by atoms with Crippen LogP contribution in [0.2, 0.25) is 0 Å². The fraction of sp³-hybridized carbons (Fsp3) is 0.308. The van der Waals surface area contributed by atoms with Crippen LogP contribution in [-0.2, 0) is 12.6 Å². The van der Waals surface area contributed by atoms with E-state index in [-0.39, 0.29) is 12.6 Å². The molecule has 0 fully saturated rings. The summed E-state index contributed by atoms with van der Waals surface area (Å²) in [7, 11) is 0. The molecule has 0 aliphatic carbocycles. The van der Waals surface area contributed by atoms with Crippen molar-refractivity contribution in [3.8, 4) is 6.01 Å². The molecule has 2 heterocycles. The second kappa shape index (κ2) is 6.31. The van der Waals surface area contributed by atoms with Gasteiger partial charge in [-0.25, -0.2) is 4.98 Å². The number of alkyl halides is 3. The first-order valence-electron chi connectivity index (χ1n) is 5.97. The van der Waals surface area contributed by atoms with Crippen LogP contribution in [-0.4, -0.2) is 21.6 Å². The van der Waals surface area contributed by atoms with E-state index in [2.05, 4.69) is 15.0 Å². The average molecular weight is 283 g/mol. The van der Waals surface area contributed by atoms with E-state index >= 15 is 0 Å². The Morgan fingerprint density at radius 3 is 2.50 bits per heavy atom. The number of aromatic nitrogens is 3. The van der Waals surface area contributed by atoms with Crippen molar-refractivity contribution in [1.29, 1.82) is 0 Å². The van der Waals surface area contributed by atoms with Gasteiger partial charge in [0.2, 0.25) is 0 Å². The van der Waals surface area contributed by atoms with Gasteiger partial charge in [0.1, 0.15) is 0 Å². The molecule has 0 N–H and O–H groups in total. The standard InChI is InChI=1S/C13H12F3N3O/c14-13(15,16)11-5-8-18-12(19-11)20-9-1-2-10-3-6-17-7-4-10/h3-8H,1-2,9H2. The van der Waals surface area contributed by atoms with E-state index in [9.17, 15) is 13.2 Å². The Bertz CT molecular complexity index is 546. The minimum atomic E-state index is -4.49. The number of aryl methyl sites for hydroxylation is 1. The number of hydrogen-bond acceptors (Lipinski definition) is 4. The van der Waals surface area contributed by atoms with Gasteiger partial charge in [0.15, 0.2) is 5.69 Å². The lowest BCUT2D eigenvalue weighted by Crippen LogP contribution is -2.10. The van der Waals surface area contributed by atoms with E-state index in [1.165, 1.54) is 0 Å². The summed E-state index contributed by atoms with van der Waals surface area (Å²) in [4.78, 5) is 10.9. The maximum atomic E-state index is 12.4. The van der Waals surface area contributed by atoms with Gasteiger partial charge >= 0.3 is 12.2 Å². The number of pyridine rings is 1. The van der Waals surface area contributed by atoms with Crippen molar-refractivity contribution >= 4 is 0 Å². The lowest BCUT2D eigenvalue weighted by atomic mass is 10.1.